The van der Waals surface area contributed by atoms with Gasteiger partial charge in [-0.1, -0.05) is 12.8 Å². The zero-order chi connectivity index (χ0) is 10.2. The fourth-order valence-electron chi connectivity index (χ4n) is 2.86. The van der Waals surface area contributed by atoms with Crippen LogP contribution < -0.4 is 0 Å². The molecule has 3 atom stereocenters. The Labute approximate surface area is 84.4 Å². The van der Waals surface area contributed by atoms with Gasteiger partial charge in [-0.3, -0.25) is 4.79 Å². The lowest BCUT2D eigenvalue weighted by Gasteiger charge is -2.44. The number of aliphatic hydroxyl groups is 1. The van der Waals surface area contributed by atoms with Crippen molar-refractivity contribution in [3.05, 3.63) is 0 Å². The molecule has 1 N–H and O–H groups in total. The Morgan fingerprint density at radius 2 is 2.14 bits per heavy atom. The van der Waals surface area contributed by atoms with Gasteiger partial charge in [-0.15, -0.1) is 0 Å². The number of methoxy groups -OCH3 is 1. The van der Waals surface area contributed by atoms with Gasteiger partial charge >= 0.3 is 0 Å². The van der Waals surface area contributed by atoms with E-state index < -0.39 is 11.7 Å². The molecule has 0 radical (unpaired) electrons. The molecule has 2 unspecified atom stereocenters. The van der Waals surface area contributed by atoms with Crippen LogP contribution in [-0.4, -0.2) is 29.7 Å². The van der Waals surface area contributed by atoms with Crippen molar-refractivity contribution in [1.82, 2.24) is 0 Å². The van der Waals surface area contributed by atoms with Crippen molar-refractivity contribution in [1.29, 1.82) is 0 Å². The molecule has 0 spiro atoms. The Kier molecular flexibility index (Phi) is 2.62. The lowest BCUT2D eigenvalue weighted by molar-refractivity contribution is -0.169. The van der Waals surface area contributed by atoms with Gasteiger partial charge in [0.2, 0.25) is 0 Å². The van der Waals surface area contributed by atoms with Crippen LogP contribution in [0.25, 0.3) is 0 Å². The molecule has 3 aliphatic rings. The summed E-state index contributed by atoms with van der Waals surface area (Å²) in [6, 6.07) is 0. The van der Waals surface area contributed by atoms with Crippen LogP contribution in [0, 0.1) is 5.92 Å². The third-order valence-electron chi connectivity index (χ3n) is 3.90. The first-order chi connectivity index (χ1) is 6.69. The predicted octanol–water partition coefficient (Wildman–Crippen LogP) is 1.29. The Balaban J connectivity index is 2.26. The molecule has 3 fully saturated rings. The summed E-state index contributed by atoms with van der Waals surface area (Å²) in [5.41, 5.74) is -0.562. The minimum absolute atomic E-state index is 0.0119. The number of aliphatic hydroxyl groups excluding tert-OH is 1. The smallest absolute Gasteiger partial charge is 0.167 e. The van der Waals surface area contributed by atoms with E-state index in [4.69, 9.17) is 4.74 Å². The largest absolute Gasteiger partial charge is 0.382 e. The van der Waals surface area contributed by atoms with Gasteiger partial charge in [-0.2, -0.15) is 0 Å². The third kappa shape index (κ3) is 1.39. The van der Waals surface area contributed by atoms with Crippen LogP contribution in [0.4, 0.5) is 0 Å². The van der Waals surface area contributed by atoms with Crippen molar-refractivity contribution < 1.29 is 14.6 Å². The van der Waals surface area contributed by atoms with Gasteiger partial charge in [-0.05, 0) is 25.7 Å². The molecular formula is C11H18O3. The average Bonchev–Trinajstić information content (AvgIpc) is 2.16. The Hall–Kier alpha value is -0.410. The van der Waals surface area contributed by atoms with Gasteiger partial charge in [-0.25, -0.2) is 0 Å². The first-order valence-electron chi connectivity index (χ1n) is 5.46. The van der Waals surface area contributed by atoms with Gasteiger partial charge < -0.3 is 9.84 Å². The van der Waals surface area contributed by atoms with Gasteiger partial charge in [0, 0.05) is 13.0 Å². The Morgan fingerprint density at radius 3 is 2.86 bits per heavy atom. The highest BCUT2D eigenvalue weighted by atomic mass is 16.5. The summed E-state index contributed by atoms with van der Waals surface area (Å²) in [6.07, 6.45) is 4.78. The molecule has 0 heterocycles. The van der Waals surface area contributed by atoms with Gasteiger partial charge in [0.1, 0.15) is 11.7 Å². The molecule has 3 nitrogen and oxygen atoms in total. The normalized spacial score (nSPS) is 43.4. The molecule has 3 aliphatic carbocycles. The molecule has 0 aromatic carbocycles. The summed E-state index contributed by atoms with van der Waals surface area (Å²) in [4.78, 5) is 11.8. The van der Waals surface area contributed by atoms with Crippen molar-refractivity contribution >= 4 is 5.78 Å². The van der Waals surface area contributed by atoms with E-state index in [2.05, 4.69) is 0 Å². The van der Waals surface area contributed by atoms with E-state index in [1.54, 1.807) is 7.11 Å². The highest BCUT2D eigenvalue weighted by Gasteiger charge is 2.49. The number of ether oxygens (including phenoxy) is 1. The lowest BCUT2D eigenvalue weighted by Crippen LogP contribution is -2.55. The van der Waals surface area contributed by atoms with E-state index in [1.807, 2.05) is 0 Å². The van der Waals surface area contributed by atoms with Gasteiger partial charge in [0.15, 0.2) is 5.78 Å². The first-order valence-corrected chi connectivity index (χ1v) is 5.46. The predicted molar refractivity (Wildman–Crippen MR) is 51.9 cm³/mol. The molecule has 3 rings (SSSR count). The topological polar surface area (TPSA) is 46.5 Å². The molecule has 0 saturated heterocycles. The van der Waals surface area contributed by atoms with Crippen LogP contribution in [0.5, 0.6) is 0 Å². The van der Waals surface area contributed by atoms with E-state index in [9.17, 15) is 9.90 Å². The second-order valence-corrected chi connectivity index (χ2v) is 4.56. The molecule has 0 aliphatic heterocycles. The maximum atomic E-state index is 11.8. The summed E-state index contributed by atoms with van der Waals surface area (Å²) in [5.74, 6) is 0.103. The van der Waals surface area contributed by atoms with E-state index >= 15 is 0 Å². The summed E-state index contributed by atoms with van der Waals surface area (Å²) in [5, 5.41) is 9.95. The van der Waals surface area contributed by atoms with E-state index in [0.717, 1.165) is 38.5 Å². The number of carbonyl (C=O) groups excluding carboxylic acids is 1. The molecular weight excluding hydrogens is 180 g/mol. The van der Waals surface area contributed by atoms with Gasteiger partial charge in [0.05, 0.1) is 0 Å². The zero-order valence-electron chi connectivity index (χ0n) is 8.66. The molecule has 80 valence electrons. The number of fused-ring (bicyclic) bond motifs is 5. The van der Waals surface area contributed by atoms with E-state index in [0.29, 0.717) is 0 Å². The summed E-state index contributed by atoms with van der Waals surface area (Å²) in [6.45, 7) is 0. The molecule has 2 bridgehead atoms. The molecule has 0 aromatic rings. The molecule has 0 amide bonds. The maximum absolute atomic E-state index is 11.8. The zero-order valence-corrected chi connectivity index (χ0v) is 8.66. The second-order valence-electron chi connectivity index (χ2n) is 4.56. The number of ketones is 1. The molecule has 0 aromatic heterocycles. The lowest BCUT2D eigenvalue weighted by atomic mass is 9.69. The van der Waals surface area contributed by atoms with Crippen molar-refractivity contribution in [2.45, 2.75) is 50.2 Å². The number of rotatable bonds is 1. The standard InChI is InChI=1S/C11H18O3/c1-14-11-6-3-2-4-8(5-7-11)9(12)10(11)13/h8,10,13H,2-7H2,1H3/t8-,10?,11?/m1/s1. The Bertz CT molecular complexity index is 235. The average molecular weight is 198 g/mol. The number of hydrogen-bond acceptors (Lipinski definition) is 3. The maximum Gasteiger partial charge on any atom is 0.167 e. The third-order valence-corrected chi connectivity index (χ3v) is 3.90. The van der Waals surface area contributed by atoms with E-state index in [-0.39, 0.29) is 11.7 Å². The van der Waals surface area contributed by atoms with Crippen molar-refractivity contribution in [3.8, 4) is 0 Å². The quantitative estimate of drug-likeness (QED) is 0.690. The number of hydrogen-bond donors (Lipinski definition) is 1. The summed E-state index contributed by atoms with van der Waals surface area (Å²) >= 11 is 0. The van der Waals surface area contributed by atoms with Gasteiger partial charge in [0.25, 0.3) is 0 Å². The van der Waals surface area contributed by atoms with Crippen molar-refractivity contribution in [2.75, 3.05) is 7.11 Å². The number of Topliss-reactive ketones (excluding diaryl/α,β-unsaturated/α-hetero) is 1. The van der Waals surface area contributed by atoms with Crippen LogP contribution in [0.2, 0.25) is 0 Å². The van der Waals surface area contributed by atoms with Crippen LogP contribution in [0.1, 0.15) is 38.5 Å². The SMILES string of the molecule is COC12CCCC[C@H](CC1)C(=O)C2O. The summed E-state index contributed by atoms with van der Waals surface area (Å²) in [7, 11) is 1.61. The fourth-order valence-corrected chi connectivity index (χ4v) is 2.86. The van der Waals surface area contributed by atoms with Crippen LogP contribution in [0.15, 0.2) is 0 Å². The Morgan fingerprint density at radius 1 is 1.36 bits per heavy atom. The van der Waals surface area contributed by atoms with E-state index in [1.165, 1.54) is 0 Å². The molecule has 3 heteroatoms. The summed E-state index contributed by atoms with van der Waals surface area (Å²) < 4.78 is 5.41. The molecule has 14 heavy (non-hydrogen) atoms. The molecule has 3 saturated carbocycles. The van der Waals surface area contributed by atoms with Crippen molar-refractivity contribution in [2.24, 2.45) is 5.92 Å². The van der Waals surface area contributed by atoms with Crippen LogP contribution in [0.3, 0.4) is 0 Å². The minimum Gasteiger partial charge on any atom is -0.382 e. The monoisotopic (exact) mass is 198 g/mol. The number of carbonyl (C=O) groups is 1. The second kappa shape index (κ2) is 3.63. The van der Waals surface area contributed by atoms with Crippen molar-refractivity contribution in [3.63, 3.8) is 0 Å². The highest BCUT2D eigenvalue weighted by Crippen LogP contribution is 2.40. The minimum atomic E-state index is -0.883. The fraction of sp³-hybridized carbons (Fsp3) is 0.909. The first kappa shape index (κ1) is 10.1. The highest BCUT2D eigenvalue weighted by molar-refractivity contribution is 5.87. The van der Waals surface area contributed by atoms with Crippen LogP contribution in [-0.2, 0) is 9.53 Å². The van der Waals surface area contributed by atoms with Crippen LogP contribution >= 0.6 is 0 Å².